The van der Waals surface area contributed by atoms with Crippen molar-refractivity contribution in [1.82, 2.24) is 14.5 Å². The molecular formula is C15H20N4O5. The number of hydrogen-bond donors (Lipinski definition) is 4. The molecule has 2 aromatic rings. The van der Waals surface area contributed by atoms with Gasteiger partial charge in [0.2, 0.25) is 5.91 Å². The largest absolute Gasteiger partial charge is 0.394 e. The molecule has 0 aliphatic carbocycles. The number of amides is 1. The Hall–Kier alpha value is -2.23. The first-order valence-electron chi connectivity index (χ1n) is 7.76. The van der Waals surface area contributed by atoms with Crippen LogP contribution in [0.5, 0.6) is 0 Å². The Balaban J connectivity index is 1.99. The zero-order valence-electron chi connectivity index (χ0n) is 13.4. The van der Waals surface area contributed by atoms with Gasteiger partial charge in [-0.3, -0.25) is 9.78 Å². The smallest absolute Gasteiger partial charge is 0.348 e. The van der Waals surface area contributed by atoms with Crippen molar-refractivity contribution < 1.29 is 19.7 Å². The van der Waals surface area contributed by atoms with Crippen molar-refractivity contribution in [3.63, 3.8) is 0 Å². The summed E-state index contributed by atoms with van der Waals surface area (Å²) in [5.74, 6) is -0.184. The van der Waals surface area contributed by atoms with E-state index < -0.39 is 24.1 Å². The average molecular weight is 336 g/mol. The molecule has 1 aliphatic rings. The number of nitrogens with zero attached hydrogens (tertiary/aromatic N) is 2. The van der Waals surface area contributed by atoms with Gasteiger partial charge in [0.15, 0.2) is 5.65 Å². The van der Waals surface area contributed by atoms with E-state index in [4.69, 9.17) is 4.74 Å². The average Bonchev–Trinajstić information content (AvgIpc) is 3.10. The number of aromatic amines is 1. The third kappa shape index (κ3) is 2.93. The van der Waals surface area contributed by atoms with Crippen molar-refractivity contribution in [3.8, 4) is 0 Å². The zero-order chi connectivity index (χ0) is 17.4. The molecule has 0 radical (unpaired) electrons. The zero-order valence-corrected chi connectivity index (χ0v) is 13.4. The first-order valence-corrected chi connectivity index (χ1v) is 7.76. The van der Waals surface area contributed by atoms with Gasteiger partial charge in [-0.15, -0.1) is 0 Å². The summed E-state index contributed by atoms with van der Waals surface area (Å²) in [6.07, 6.45) is -0.0590. The molecule has 24 heavy (non-hydrogen) atoms. The standard InChI is InChI=1S/C15H20N4O5/c1-7(2)14(22)16-12-8-3-4-19(13(8)18-15(23)17-12)11-5-9(21)10(6-20)24-11/h3-4,7,9-11,20-21H,5-6H2,1-2H3,(H2,16,17,18,22,23)/t9-,10+,11+/m0/s1. The highest BCUT2D eigenvalue weighted by atomic mass is 16.5. The van der Waals surface area contributed by atoms with E-state index in [1.807, 2.05) is 0 Å². The lowest BCUT2D eigenvalue weighted by molar-refractivity contribution is -0.118. The molecule has 0 saturated carbocycles. The van der Waals surface area contributed by atoms with Gasteiger partial charge in [0, 0.05) is 18.5 Å². The number of aliphatic hydroxyl groups excluding tert-OH is 2. The fourth-order valence-electron chi connectivity index (χ4n) is 2.70. The Labute approximate surface area is 137 Å². The maximum Gasteiger partial charge on any atom is 0.348 e. The minimum absolute atomic E-state index is 0.223. The van der Waals surface area contributed by atoms with Crippen molar-refractivity contribution >= 4 is 22.8 Å². The predicted molar refractivity (Wildman–Crippen MR) is 85.4 cm³/mol. The molecule has 0 bridgehead atoms. The summed E-state index contributed by atoms with van der Waals surface area (Å²) in [6, 6.07) is 1.70. The molecule has 9 nitrogen and oxygen atoms in total. The molecule has 1 amide bonds. The number of fused-ring (bicyclic) bond motifs is 1. The van der Waals surface area contributed by atoms with Crippen molar-refractivity contribution in [3.05, 3.63) is 22.7 Å². The Morgan fingerprint density at radius 2 is 2.33 bits per heavy atom. The van der Waals surface area contributed by atoms with Gasteiger partial charge in [0.05, 0.1) is 18.1 Å². The van der Waals surface area contributed by atoms with Gasteiger partial charge in [-0.05, 0) is 6.07 Å². The molecule has 1 saturated heterocycles. The maximum absolute atomic E-state index is 11.9. The number of carbonyl (C=O) groups is 1. The lowest BCUT2D eigenvalue weighted by Gasteiger charge is -2.14. The summed E-state index contributed by atoms with van der Waals surface area (Å²) in [5.41, 5.74) is -0.257. The first kappa shape index (κ1) is 16.6. The van der Waals surface area contributed by atoms with Crippen LogP contribution in [0.1, 0.15) is 26.5 Å². The van der Waals surface area contributed by atoms with E-state index in [0.717, 1.165) is 0 Å². The van der Waals surface area contributed by atoms with Gasteiger partial charge in [-0.2, -0.15) is 4.98 Å². The molecule has 3 heterocycles. The Bertz CT molecular complexity index is 812. The van der Waals surface area contributed by atoms with Gasteiger partial charge in [-0.25, -0.2) is 4.79 Å². The molecule has 0 spiro atoms. The molecule has 0 aromatic carbocycles. The fourth-order valence-corrected chi connectivity index (χ4v) is 2.70. The summed E-state index contributed by atoms with van der Waals surface area (Å²) in [5, 5.41) is 22.3. The van der Waals surface area contributed by atoms with E-state index in [9.17, 15) is 19.8 Å². The van der Waals surface area contributed by atoms with E-state index in [1.165, 1.54) is 0 Å². The molecule has 130 valence electrons. The normalized spacial score (nSPS) is 24.0. The van der Waals surface area contributed by atoms with Crippen LogP contribution in [-0.4, -0.2) is 49.5 Å². The molecule has 3 atom stereocenters. The van der Waals surface area contributed by atoms with Gasteiger partial charge in [-0.1, -0.05) is 13.8 Å². The van der Waals surface area contributed by atoms with Crippen LogP contribution in [0.2, 0.25) is 0 Å². The molecule has 1 aliphatic heterocycles. The summed E-state index contributed by atoms with van der Waals surface area (Å²) in [7, 11) is 0. The third-order valence-corrected chi connectivity index (χ3v) is 4.06. The van der Waals surface area contributed by atoms with E-state index in [0.29, 0.717) is 11.0 Å². The van der Waals surface area contributed by atoms with Gasteiger partial charge in [0.1, 0.15) is 18.1 Å². The van der Waals surface area contributed by atoms with E-state index in [2.05, 4.69) is 15.3 Å². The lowest BCUT2D eigenvalue weighted by atomic mass is 10.2. The summed E-state index contributed by atoms with van der Waals surface area (Å²) in [6.45, 7) is 3.21. The number of rotatable bonds is 4. The van der Waals surface area contributed by atoms with Crippen LogP contribution in [0.15, 0.2) is 17.1 Å². The number of anilines is 1. The summed E-state index contributed by atoms with van der Waals surface area (Å²) >= 11 is 0. The number of aromatic nitrogens is 3. The number of H-pyrrole nitrogens is 1. The molecule has 1 fully saturated rings. The van der Waals surface area contributed by atoms with Gasteiger partial charge >= 0.3 is 5.69 Å². The molecule has 3 rings (SSSR count). The lowest BCUT2D eigenvalue weighted by Crippen LogP contribution is -2.24. The molecule has 2 aromatic heterocycles. The Morgan fingerprint density at radius 1 is 1.58 bits per heavy atom. The number of carbonyl (C=O) groups excluding carboxylic acids is 1. The number of nitrogens with one attached hydrogen (secondary N) is 2. The van der Waals surface area contributed by atoms with Crippen LogP contribution >= 0.6 is 0 Å². The Morgan fingerprint density at radius 3 is 2.96 bits per heavy atom. The monoisotopic (exact) mass is 336 g/mol. The second-order valence-electron chi connectivity index (χ2n) is 6.14. The van der Waals surface area contributed by atoms with Gasteiger partial charge < -0.3 is 24.8 Å². The van der Waals surface area contributed by atoms with Crippen LogP contribution in [0.25, 0.3) is 11.0 Å². The second kappa shape index (κ2) is 6.34. The summed E-state index contributed by atoms with van der Waals surface area (Å²) < 4.78 is 7.22. The van der Waals surface area contributed by atoms with Crippen molar-refractivity contribution in [2.24, 2.45) is 5.92 Å². The van der Waals surface area contributed by atoms with E-state index in [1.54, 1.807) is 30.7 Å². The first-order chi connectivity index (χ1) is 11.4. The summed E-state index contributed by atoms with van der Waals surface area (Å²) in [4.78, 5) is 30.2. The van der Waals surface area contributed by atoms with Crippen LogP contribution in [0, 0.1) is 5.92 Å². The van der Waals surface area contributed by atoms with Crippen molar-refractivity contribution in [2.45, 2.75) is 38.7 Å². The van der Waals surface area contributed by atoms with Crippen LogP contribution < -0.4 is 11.0 Å². The van der Waals surface area contributed by atoms with Crippen LogP contribution in [0.4, 0.5) is 5.82 Å². The van der Waals surface area contributed by atoms with Crippen LogP contribution in [-0.2, 0) is 9.53 Å². The molecule has 9 heteroatoms. The Kier molecular flexibility index (Phi) is 4.39. The van der Waals surface area contributed by atoms with E-state index >= 15 is 0 Å². The van der Waals surface area contributed by atoms with Crippen molar-refractivity contribution in [2.75, 3.05) is 11.9 Å². The minimum atomic E-state index is -0.792. The predicted octanol–water partition coefficient (Wildman–Crippen LogP) is -0.0402. The number of aliphatic hydroxyl groups is 2. The third-order valence-electron chi connectivity index (χ3n) is 4.06. The van der Waals surface area contributed by atoms with Crippen molar-refractivity contribution in [1.29, 1.82) is 0 Å². The number of hydrogen-bond acceptors (Lipinski definition) is 6. The molecule has 0 unspecified atom stereocenters. The second-order valence-corrected chi connectivity index (χ2v) is 6.14. The maximum atomic E-state index is 11.9. The quantitative estimate of drug-likeness (QED) is 0.620. The highest BCUT2D eigenvalue weighted by molar-refractivity contribution is 5.99. The highest BCUT2D eigenvalue weighted by Gasteiger charge is 2.35. The highest BCUT2D eigenvalue weighted by Crippen LogP contribution is 2.32. The molecular weight excluding hydrogens is 316 g/mol. The fraction of sp³-hybridized carbons (Fsp3) is 0.533. The molecule has 4 N–H and O–H groups in total. The minimum Gasteiger partial charge on any atom is -0.394 e. The number of ether oxygens (including phenoxy) is 1. The SMILES string of the molecule is CC(C)C(=O)Nc1[nH]c(=O)nc2c1ccn2[C@H]1C[C@H](O)[C@@H](CO)O1. The topological polar surface area (TPSA) is 129 Å². The van der Waals surface area contributed by atoms with Gasteiger partial charge in [0.25, 0.3) is 0 Å². The van der Waals surface area contributed by atoms with E-state index in [-0.39, 0.29) is 30.7 Å². The van der Waals surface area contributed by atoms with Crippen LogP contribution in [0.3, 0.4) is 0 Å².